The highest BCUT2D eigenvalue weighted by Crippen LogP contribution is 2.27. The van der Waals surface area contributed by atoms with Gasteiger partial charge in [-0.3, -0.25) is 4.99 Å². The molecule has 1 aliphatic carbocycles. The molecule has 1 saturated carbocycles. The molecule has 0 amide bonds. The molecule has 0 bridgehead atoms. The van der Waals surface area contributed by atoms with Crippen molar-refractivity contribution in [1.82, 2.24) is 10.6 Å². The Balaban J connectivity index is 2.18. The molecule has 2 unspecified atom stereocenters. The third-order valence-corrected chi connectivity index (χ3v) is 4.63. The van der Waals surface area contributed by atoms with Crippen LogP contribution < -0.4 is 10.6 Å². The van der Waals surface area contributed by atoms with Gasteiger partial charge in [0.2, 0.25) is 0 Å². The molecule has 0 aromatic rings. The zero-order chi connectivity index (χ0) is 13.4. The van der Waals surface area contributed by atoms with Crippen molar-refractivity contribution in [2.75, 3.05) is 19.8 Å². The first-order chi connectivity index (χ1) is 8.65. The molecule has 1 aliphatic rings. The second-order valence-corrected chi connectivity index (χ2v) is 6.69. The number of rotatable bonds is 6. The van der Waals surface area contributed by atoms with Gasteiger partial charge in [0.15, 0.2) is 5.96 Å². The van der Waals surface area contributed by atoms with Gasteiger partial charge in [-0.05, 0) is 44.3 Å². The predicted molar refractivity (Wildman–Crippen MR) is 83.5 cm³/mol. The Morgan fingerprint density at radius 2 is 2.17 bits per heavy atom. The molecule has 0 aromatic carbocycles. The van der Waals surface area contributed by atoms with Gasteiger partial charge >= 0.3 is 0 Å². The lowest BCUT2D eigenvalue weighted by molar-refractivity contribution is 0.545. The van der Waals surface area contributed by atoms with E-state index in [-0.39, 0.29) is 0 Å². The van der Waals surface area contributed by atoms with Crippen molar-refractivity contribution in [3.63, 3.8) is 0 Å². The fourth-order valence-electron chi connectivity index (χ4n) is 2.39. The van der Waals surface area contributed by atoms with Crippen molar-refractivity contribution in [2.45, 2.75) is 57.2 Å². The van der Waals surface area contributed by atoms with Gasteiger partial charge in [0.1, 0.15) is 0 Å². The number of hydrogen-bond donors (Lipinski definition) is 2. The Bertz CT molecular complexity index is 253. The summed E-state index contributed by atoms with van der Waals surface area (Å²) in [4.78, 5) is 4.31. The van der Waals surface area contributed by atoms with Crippen LogP contribution in [-0.2, 0) is 0 Å². The van der Waals surface area contributed by atoms with E-state index >= 15 is 0 Å². The summed E-state index contributed by atoms with van der Waals surface area (Å²) in [5.41, 5.74) is 0. The first-order valence-electron chi connectivity index (χ1n) is 7.15. The van der Waals surface area contributed by atoms with Crippen LogP contribution in [0.4, 0.5) is 0 Å². The third-order valence-electron chi connectivity index (χ3n) is 3.53. The molecule has 0 aromatic heterocycles. The van der Waals surface area contributed by atoms with Crippen LogP contribution in [0.15, 0.2) is 4.99 Å². The predicted octanol–water partition coefficient (Wildman–Crippen LogP) is 2.87. The van der Waals surface area contributed by atoms with E-state index in [4.69, 9.17) is 0 Å². The maximum atomic E-state index is 4.31. The van der Waals surface area contributed by atoms with Gasteiger partial charge in [0.05, 0.1) is 0 Å². The molecule has 0 aliphatic heterocycles. The Hall–Kier alpha value is -0.380. The lowest BCUT2D eigenvalue weighted by atomic mass is 10.1. The van der Waals surface area contributed by atoms with Crippen molar-refractivity contribution in [3.05, 3.63) is 0 Å². The van der Waals surface area contributed by atoms with Crippen LogP contribution in [0, 0.1) is 5.92 Å². The maximum absolute atomic E-state index is 4.31. The Morgan fingerprint density at radius 3 is 2.72 bits per heavy atom. The summed E-state index contributed by atoms with van der Waals surface area (Å²) in [6.45, 7) is 5.57. The molecule has 2 N–H and O–H groups in total. The SMILES string of the molecule is CN=C(NCCCC(C)C)NC1CCC(SC)C1. The van der Waals surface area contributed by atoms with Crippen molar-refractivity contribution in [3.8, 4) is 0 Å². The zero-order valence-corrected chi connectivity index (χ0v) is 13.1. The van der Waals surface area contributed by atoms with Crippen LogP contribution in [0.25, 0.3) is 0 Å². The van der Waals surface area contributed by atoms with E-state index in [1.807, 2.05) is 18.8 Å². The number of aliphatic imine (C=N–C) groups is 1. The first-order valence-corrected chi connectivity index (χ1v) is 8.44. The van der Waals surface area contributed by atoms with Gasteiger partial charge < -0.3 is 10.6 Å². The Labute approximate surface area is 117 Å². The van der Waals surface area contributed by atoms with E-state index in [0.717, 1.165) is 23.7 Å². The molecule has 3 nitrogen and oxygen atoms in total. The molecular formula is C14H29N3S. The van der Waals surface area contributed by atoms with E-state index in [1.165, 1.54) is 32.1 Å². The number of guanidine groups is 1. The lowest BCUT2D eigenvalue weighted by Gasteiger charge is -2.17. The molecular weight excluding hydrogens is 242 g/mol. The molecule has 106 valence electrons. The maximum Gasteiger partial charge on any atom is 0.191 e. The minimum atomic E-state index is 0.610. The van der Waals surface area contributed by atoms with Crippen LogP contribution in [0.3, 0.4) is 0 Å². The number of nitrogens with one attached hydrogen (secondary N) is 2. The monoisotopic (exact) mass is 271 g/mol. The fourth-order valence-corrected chi connectivity index (χ4v) is 3.19. The fraction of sp³-hybridized carbons (Fsp3) is 0.929. The Morgan fingerprint density at radius 1 is 1.39 bits per heavy atom. The van der Waals surface area contributed by atoms with Crippen LogP contribution in [0.2, 0.25) is 0 Å². The second kappa shape index (κ2) is 8.68. The molecule has 0 saturated heterocycles. The lowest BCUT2D eigenvalue weighted by Crippen LogP contribution is -2.42. The van der Waals surface area contributed by atoms with E-state index in [2.05, 4.69) is 35.7 Å². The minimum Gasteiger partial charge on any atom is -0.356 e. The van der Waals surface area contributed by atoms with Crippen LogP contribution in [0.1, 0.15) is 46.0 Å². The van der Waals surface area contributed by atoms with E-state index in [1.54, 1.807) is 0 Å². The van der Waals surface area contributed by atoms with Crippen molar-refractivity contribution >= 4 is 17.7 Å². The molecule has 0 heterocycles. The van der Waals surface area contributed by atoms with E-state index < -0.39 is 0 Å². The molecule has 0 spiro atoms. The van der Waals surface area contributed by atoms with Crippen LogP contribution >= 0.6 is 11.8 Å². The van der Waals surface area contributed by atoms with Gasteiger partial charge in [0, 0.05) is 24.9 Å². The largest absolute Gasteiger partial charge is 0.356 e. The zero-order valence-electron chi connectivity index (χ0n) is 12.3. The number of hydrogen-bond acceptors (Lipinski definition) is 2. The molecule has 18 heavy (non-hydrogen) atoms. The second-order valence-electron chi connectivity index (χ2n) is 5.55. The van der Waals surface area contributed by atoms with Gasteiger partial charge in [-0.15, -0.1) is 0 Å². The molecule has 4 heteroatoms. The minimum absolute atomic E-state index is 0.610. The van der Waals surface area contributed by atoms with Gasteiger partial charge in [-0.25, -0.2) is 0 Å². The van der Waals surface area contributed by atoms with Crippen molar-refractivity contribution in [1.29, 1.82) is 0 Å². The summed E-state index contributed by atoms with van der Waals surface area (Å²) in [7, 11) is 1.86. The average Bonchev–Trinajstić information content (AvgIpc) is 2.80. The van der Waals surface area contributed by atoms with Crippen LogP contribution in [0.5, 0.6) is 0 Å². The summed E-state index contributed by atoms with van der Waals surface area (Å²) in [6.07, 6.45) is 8.60. The first kappa shape index (κ1) is 15.7. The number of nitrogens with zero attached hydrogens (tertiary/aromatic N) is 1. The van der Waals surface area contributed by atoms with Crippen LogP contribution in [-0.4, -0.2) is 37.1 Å². The van der Waals surface area contributed by atoms with Gasteiger partial charge in [0.25, 0.3) is 0 Å². The molecule has 0 radical (unpaired) electrons. The van der Waals surface area contributed by atoms with E-state index in [0.29, 0.717) is 6.04 Å². The number of thioether (sulfide) groups is 1. The summed E-state index contributed by atoms with van der Waals surface area (Å²) in [5, 5.41) is 7.79. The highest BCUT2D eigenvalue weighted by atomic mass is 32.2. The topological polar surface area (TPSA) is 36.4 Å². The highest BCUT2D eigenvalue weighted by molar-refractivity contribution is 7.99. The van der Waals surface area contributed by atoms with Gasteiger partial charge in [-0.1, -0.05) is 13.8 Å². The molecule has 1 rings (SSSR count). The standard InChI is InChI=1S/C14H29N3S/c1-11(2)6-5-9-16-14(15-3)17-12-7-8-13(10-12)18-4/h11-13H,5-10H2,1-4H3,(H2,15,16,17). The highest BCUT2D eigenvalue weighted by Gasteiger charge is 2.24. The normalized spacial score (nSPS) is 24.6. The average molecular weight is 271 g/mol. The van der Waals surface area contributed by atoms with Crippen molar-refractivity contribution in [2.24, 2.45) is 10.9 Å². The van der Waals surface area contributed by atoms with Crippen molar-refractivity contribution < 1.29 is 0 Å². The summed E-state index contributed by atoms with van der Waals surface area (Å²) >= 11 is 2.00. The van der Waals surface area contributed by atoms with Gasteiger partial charge in [-0.2, -0.15) is 11.8 Å². The summed E-state index contributed by atoms with van der Waals surface area (Å²) < 4.78 is 0. The molecule has 2 atom stereocenters. The third kappa shape index (κ3) is 5.98. The summed E-state index contributed by atoms with van der Waals surface area (Å²) in [6, 6.07) is 0.610. The molecule has 1 fully saturated rings. The quantitative estimate of drug-likeness (QED) is 0.443. The smallest absolute Gasteiger partial charge is 0.191 e. The Kier molecular flexibility index (Phi) is 7.56. The summed E-state index contributed by atoms with van der Waals surface area (Å²) in [5.74, 6) is 1.77. The van der Waals surface area contributed by atoms with E-state index in [9.17, 15) is 0 Å².